The first-order valence-electron chi connectivity index (χ1n) is 11.0. The van der Waals surface area contributed by atoms with Crippen molar-refractivity contribution in [3.8, 4) is 0 Å². The van der Waals surface area contributed by atoms with Crippen molar-refractivity contribution in [2.24, 2.45) is 0 Å². The molecule has 162 valence electrons. The van der Waals surface area contributed by atoms with Crippen LogP contribution in [0.4, 0.5) is 11.6 Å². The summed E-state index contributed by atoms with van der Waals surface area (Å²) in [6, 6.07) is 9.65. The Hall–Kier alpha value is -2.19. The van der Waals surface area contributed by atoms with Crippen LogP contribution in [0, 0.1) is 0 Å². The number of nitrogens with zero attached hydrogens (tertiary/aromatic N) is 5. The Morgan fingerprint density at radius 3 is 2.23 bits per heavy atom. The highest BCUT2D eigenvalue weighted by Gasteiger charge is 2.29. The highest BCUT2D eigenvalue weighted by molar-refractivity contribution is 7.89. The third-order valence-corrected chi connectivity index (χ3v) is 8.14. The molecule has 0 saturated carbocycles. The van der Waals surface area contributed by atoms with Gasteiger partial charge in [-0.25, -0.2) is 8.42 Å². The Morgan fingerprint density at radius 2 is 1.60 bits per heavy atom. The lowest BCUT2D eigenvalue weighted by atomic mass is 9.92. The number of aromatic nitrogens is 2. The Balaban J connectivity index is 1.42. The van der Waals surface area contributed by atoms with Crippen LogP contribution >= 0.6 is 0 Å². The first kappa shape index (κ1) is 21.1. The van der Waals surface area contributed by atoms with Gasteiger partial charge in [-0.1, -0.05) is 6.07 Å². The Morgan fingerprint density at radius 1 is 0.900 bits per heavy atom. The number of benzene rings is 1. The average molecular weight is 430 g/mol. The highest BCUT2D eigenvalue weighted by Crippen LogP contribution is 2.26. The van der Waals surface area contributed by atoms with Crippen LogP contribution in [-0.2, 0) is 22.9 Å². The quantitative estimate of drug-likeness (QED) is 0.703. The van der Waals surface area contributed by atoms with Crippen molar-refractivity contribution in [3.05, 3.63) is 41.5 Å². The van der Waals surface area contributed by atoms with Gasteiger partial charge in [-0.15, -0.1) is 10.2 Å². The zero-order valence-electron chi connectivity index (χ0n) is 17.9. The van der Waals surface area contributed by atoms with Crippen molar-refractivity contribution in [1.29, 1.82) is 0 Å². The minimum Gasteiger partial charge on any atom is -0.356 e. The summed E-state index contributed by atoms with van der Waals surface area (Å²) >= 11 is 0. The van der Waals surface area contributed by atoms with E-state index in [0.29, 0.717) is 31.1 Å². The molecular formula is C22H31N5O2S. The number of rotatable bonds is 6. The monoisotopic (exact) mass is 429 g/mol. The molecule has 30 heavy (non-hydrogen) atoms. The molecule has 0 spiro atoms. The van der Waals surface area contributed by atoms with Crippen LogP contribution in [0.2, 0.25) is 0 Å². The van der Waals surface area contributed by atoms with Crippen molar-refractivity contribution in [2.75, 3.05) is 49.1 Å². The number of fused-ring (bicyclic) bond motifs is 1. The summed E-state index contributed by atoms with van der Waals surface area (Å²) in [5, 5.41) is 8.73. The van der Waals surface area contributed by atoms with Crippen molar-refractivity contribution >= 4 is 21.7 Å². The highest BCUT2D eigenvalue weighted by atomic mass is 32.2. The molecule has 0 radical (unpaired) electrons. The maximum Gasteiger partial charge on any atom is 0.243 e. The molecule has 8 heteroatoms. The van der Waals surface area contributed by atoms with E-state index in [0.717, 1.165) is 44.0 Å². The van der Waals surface area contributed by atoms with E-state index in [1.807, 2.05) is 24.3 Å². The first-order chi connectivity index (χ1) is 14.5. The van der Waals surface area contributed by atoms with Crippen LogP contribution in [0.25, 0.3) is 0 Å². The second-order valence-corrected chi connectivity index (χ2v) is 9.89. The van der Waals surface area contributed by atoms with Crippen LogP contribution in [0.3, 0.4) is 0 Å². The van der Waals surface area contributed by atoms with Gasteiger partial charge in [-0.2, -0.15) is 4.31 Å². The molecule has 1 aliphatic carbocycles. The van der Waals surface area contributed by atoms with Gasteiger partial charge in [0.05, 0.1) is 4.90 Å². The van der Waals surface area contributed by atoms with E-state index < -0.39 is 10.0 Å². The van der Waals surface area contributed by atoms with Gasteiger partial charge in [0.25, 0.3) is 0 Å². The fourth-order valence-corrected chi connectivity index (χ4v) is 5.85. The molecular weight excluding hydrogens is 398 g/mol. The smallest absolute Gasteiger partial charge is 0.243 e. The summed E-state index contributed by atoms with van der Waals surface area (Å²) in [5.41, 5.74) is 2.50. The maximum atomic E-state index is 13.2. The van der Waals surface area contributed by atoms with E-state index in [1.165, 1.54) is 17.5 Å². The molecule has 0 bridgehead atoms. The molecule has 1 aromatic heterocycles. The van der Waals surface area contributed by atoms with Gasteiger partial charge in [0, 0.05) is 39.3 Å². The van der Waals surface area contributed by atoms with E-state index in [4.69, 9.17) is 0 Å². The molecule has 7 nitrogen and oxygen atoms in total. The van der Waals surface area contributed by atoms with Gasteiger partial charge in [0.15, 0.2) is 11.6 Å². The van der Waals surface area contributed by atoms with E-state index in [1.54, 1.807) is 10.4 Å². The van der Waals surface area contributed by atoms with E-state index in [-0.39, 0.29) is 0 Å². The Labute approximate surface area is 179 Å². The number of hydrogen-bond acceptors (Lipinski definition) is 6. The van der Waals surface area contributed by atoms with Gasteiger partial charge >= 0.3 is 0 Å². The Kier molecular flexibility index (Phi) is 6.24. The SMILES string of the molecule is CCN(CC)c1ccc(N2CCN(S(=O)(=O)c3ccc4c(c3)CCCC4)CC2)nn1. The second kappa shape index (κ2) is 8.89. The number of sulfonamides is 1. The van der Waals surface area contributed by atoms with Gasteiger partial charge in [0.2, 0.25) is 10.0 Å². The van der Waals surface area contributed by atoms with Crippen molar-refractivity contribution in [2.45, 2.75) is 44.4 Å². The van der Waals surface area contributed by atoms with Crippen molar-refractivity contribution < 1.29 is 8.42 Å². The van der Waals surface area contributed by atoms with Gasteiger partial charge in [-0.05, 0) is 74.9 Å². The Bertz CT molecular complexity index is 966. The summed E-state index contributed by atoms with van der Waals surface area (Å²) in [4.78, 5) is 4.69. The molecule has 2 heterocycles. The van der Waals surface area contributed by atoms with E-state index in [9.17, 15) is 8.42 Å². The molecule has 2 aliphatic rings. The molecule has 4 rings (SSSR count). The molecule has 1 saturated heterocycles. The number of hydrogen-bond donors (Lipinski definition) is 0. The van der Waals surface area contributed by atoms with E-state index >= 15 is 0 Å². The number of anilines is 2. The third kappa shape index (κ3) is 4.16. The molecule has 0 amide bonds. The lowest BCUT2D eigenvalue weighted by Crippen LogP contribution is -2.49. The minimum absolute atomic E-state index is 0.431. The van der Waals surface area contributed by atoms with Crippen LogP contribution in [0.1, 0.15) is 37.8 Å². The summed E-state index contributed by atoms with van der Waals surface area (Å²) in [6.45, 7) is 8.13. The summed E-state index contributed by atoms with van der Waals surface area (Å²) in [7, 11) is -3.46. The van der Waals surface area contributed by atoms with Crippen LogP contribution in [-0.4, -0.2) is 62.2 Å². The van der Waals surface area contributed by atoms with Crippen LogP contribution in [0.5, 0.6) is 0 Å². The summed E-state index contributed by atoms with van der Waals surface area (Å²) < 4.78 is 28.0. The standard InChI is InChI=1S/C22H31N5O2S/c1-3-25(4-2)21-11-12-22(24-23-21)26-13-15-27(16-14-26)30(28,29)20-10-9-18-7-5-6-8-19(18)17-20/h9-12,17H,3-8,13-16H2,1-2H3. The van der Waals surface area contributed by atoms with Gasteiger partial charge in [-0.3, -0.25) is 0 Å². The van der Waals surface area contributed by atoms with Gasteiger partial charge in [0.1, 0.15) is 0 Å². The minimum atomic E-state index is -3.46. The molecule has 0 atom stereocenters. The second-order valence-electron chi connectivity index (χ2n) is 7.95. The molecule has 0 N–H and O–H groups in total. The third-order valence-electron chi connectivity index (χ3n) is 6.24. The fraction of sp³-hybridized carbons (Fsp3) is 0.545. The molecule has 2 aromatic rings. The van der Waals surface area contributed by atoms with E-state index in [2.05, 4.69) is 33.8 Å². The largest absolute Gasteiger partial charge is 0.356 e. The van der Waals surface area contributed by atoms with Gasteiger partial charge < -0.3 is 9.80 Å². The van der Waals surface area contributed by atoms with Crippen molar-refractivity contribution in [1.82, 2.24) is 14.5 Å². The lowest BCUT2D eigenvalue weighted by molar-refractivity contribution is 0.383. The zero-order valence-corrected chi connectivity index (χ0v) is 18.7. The molecule has 0 unspecified atom stereocenters. The average Bonchev–Trinajstić information content (AvgIpc) is 2.80. The molecule has 1 fully saturated rings. The lowest BCUT2D eigenvalue weighted by Gasteiger charge is -2.34. The maximum absolute atomic E-state index is 13.2. The number of piperazine rings is 1. The zero-order chi connectivity index (χ0) is 21.1. The van der Waals surface area contributed by atoms with Crippen LogP contribution < -0.4 is 9.80 Å². The number of aryl methyl sites for hydroxylation is 2. The summed E-state index contributed by atoms with van der Waals surface area (Å²) in [6.07, 6.45) is 4.38. The van der Waals surface area contributed by atoms with Crippen LogP contribution in [0.15, 0.2) is 35.2 Å². The first-order valence-corrected chi connectivity index (χ1v) is 12.4. The predicted molar refractivity (Wildman–Crippen MR) is 120 cm³/mol. The van der Waals surface area contributed by atoms with Crippen molar-refractivity contribution in [3.63, 3.8) is 0 Å². The topological polar surface area (TPSA) is 69.6 Å². The summed E-state index contributed by atoms with van der Waals surface area (Å²) in [5.74, 6) is 1.68. The molecule has 1 aromatic carbocycles. The fourth-order valence-electron chi connectivity index (χ4n) is 4.38. The normalized spacial score (nSPS) is 17.6. The predicted octanol–water partition coefficient (Wildman–Crippen LogP) is 2.71. The molecule has 1 aliphatic heterocycles.